The highest BCUT2D eigenvalue weighted by molar-refractivity contribution is 7.10. The van der Waals surface area contributed by atoms with Crippen LogP contribution in [0.15, 0.2) is 23.6 Å². The molecule has 2 unspecified atom stereocenters. The predicted octanol–water partition coefficient (Wildman–Crippen LogP) is 2.52. The summed E-state index contributed by atoms with van der Waals surface area (Å²) in [6.45, 7) is 0. The van der Waals surface area contributed by atoms with Gasteiger partial charge in [0.05, 0.1) is 5.92 Å². The molecular formula is C14H17NO3S. The average molecular weight is 279 g/mol. The van der Waals surface area contributed by atoms with E-state index in [1.165, 1.54) is 6.08 Å². The molecule has 0 saturated heterocycles. The zero-order chi connectivity index (χ0) is 13.7. The third-order valence-electron chi connectivity index (χ3n) is 3.35. The highest BCUT2D eigenvalue weighted by atomic mass is 32.1. The molecule has 0 aromatic carbocycles. The minimum Gasteiger partial charge on any atom is -0.481 e. The Hall–Kier alpha value is -1.62. The zero-order valence-corrected chi connectivity index (χ0v) is 11.4. The van der Waals surface area contributed by atoms with Crippen LogP contribution in [-0.2, 0) is 9.59 Å². The maximum atomic E-state index is 11.8. The van der Waals surface area contributed by atoms with Crippen LogP contribution in [0, 0.1) is 5.92 Å². The Morgan fingerprint density at radius 1 is 1.37 bits per heavy atom. The second-order valence-corrected chi connectivity index (χ2v) is 5.67. The Morgan fingerprint density at radius 2 is 2.16 bits per heavy atom. The van der Waals surface area contributed by atoms with Gasteiger partial charge in [-0.2, -0.15) is 0 Å². The van der Waals surface area contributed by atoms with Gasteiger partial charge in [0, 0.05) is 17.0 Å². The molecule has 1 heterocycles. The van der Waals surface area contributed by atoms with Crippen LogP contribution in [0.4, 0.5) is 0 Å². The minimum atomic E-state index is -0.813. The van der Waals surface area contributed by atoms with Gasteiger partial charge in [0.2, 0.25) is 5.91 Å². The standard InChI is InChI=1S/C14H17NO3S/c16-13(8-7-10-4-3-9-19-10)15-12-6-2-1-5-11(12)14(17)18/h3-4,7-9,11-12H,1-2,5-6H2,(H,15,16)(H,17,18). The van der Waals surface area contributed by atoms with Crippen LogP contribution in [0.3, 0.4) is 0 Å². The van der Waals surface area contributed by atoms with Crippen molar-refractivity contribution in [1.82, 2.24) is 5.32 Å². The van der Waals surface area contributed by atoms with Gasteiger partial charge in [-0.05, 0) is 30.4 Å². The Morgan fingerprint density at radius 3 is 2.84 bits per heavy atom. The highest BCUT2D eigenvalue weighted by Gasteiger charge is 2.31. The fourth-order valence-corrected chi connectivity index (χ4v) is 2.99. The number of carboxylic acids is 1. The van der Waals surface area contributed by atoms with Crippen molar-refractivity contribution in [1.29, 1.82) is 0 Å². The molecule has 2 atom stereocenters. The summed E-state index contributed by atoms with van der Waals surface area (Å²) < 4.78 is 0. The minimum absolute atomic E-state index is 0.216. The van der Waals surface area contributed by atoms with Crippen molar-refractivity contribution < 1.29 is 14.7 Å². The van der Waals surface area contributed by atoms with Crippen LogP contribution in [-0.4, -0.2) is 23.0 Å². The quantitative estimate of drug-likeness (QED) is 0.832. The first-order valence-corrected chi connectivity index (χ1v) is 7.29. The van der Waals surface area contributed by atoms with E-state index in [9.17, 15) is 9.59 Å². The van der Waals surface area contributed by atoms with Crippen molar-refractivity contribution in [3.05, 3.63) is 28.5 Å². The van der Waals surface area contributed by atoms with Gasteiger partial charge >= 0.3 is 5.97 Å². The summed E-state index contributed by atoms with van der Waals surface area (Å²) in [6.07, 6.45) is 6.51. The normalized spacial score (nSPS) is 23.4. The molecule has 5 heteroatoms. The van der Waals surface area contributed by atoms with Crippen molar-refractivity contribution in [3.8, 4) is 0 Å². The first-order chi connectivity index (χ1) is 9.16. The number of carbonyl (C=O) groups excluding carboxylic acids is 1. The Kier molecular flexibility index (Phi) is 4.74. The lowest BCUT2D eigenvalue weighted by atomic mass is 9.84. The maximum Gasteiger partial charge on any atom is 0.308 e. The van der Waals surface area contributed by atoms with Crippen molar-refractivity contribution in [2.24, 2.45) is 5.92 Å². The third-order valence-corrected chi connectivity index (χ3v) is 4.19. The van der Waals surface area contributed by atoms with Crippen molar-refractivity contribution in [2.75, 3.05) is 0 Å². The summed E-state index contributed by atoms with van der Waals surface area (Å²) in [5.41, 5.74) is 0. The first kappa shape index (κ1) is 13.8. The SMILES string of the molecule is O=C(C=Cc1cccs1)NC1CCCCC1C(=O)O. The summed E-state index contributed by atoms with van der Waals surface area (Å²) in [5.74, 6) is -1.48. The largest absolute Gasteiger partial charge is 0.481 e. The number of amides is 1. The molecule has 2 rings (SSSR count). The molecule has 19 heavy (non-hydrogen) atoms. The summed E-state index contributed by atoms with van der Waals surface area (Å²) >= 11 is 1.56. The molecule has 1 amide bonds. The molecule has 0 radical (unpaired) electrons. The molecule has 1 saturated carbocycles. The van der Waals surface area contributed by atoms with Gasteiger partial charge in [-0.3, -0.25) is 9.59 Å². The molecule has 0 aliphatic heterocycles. The third kappa shape index (κ3) is 3.92. The number of nitrogens with one attached hydrogen (secondary N) is 1. The second-order valence-electron chi connectivity index (χ2n) is 4.69. The highest BCUT2D eigenvalue weighted by Crippen LogP contribution is 2.24. The predicted molar refractivity (Wildman–Crippen MR) is 74.9 cm³/mol. The Labute approximate surface area is 116 Å². The molecule has 0 spiro atoms. The van der Waals surface area contributed by atoms with Crippen molar-refractivity contribution in [3.63, 3.8) is 0 Å². The number of hydrogen-bond acceptors (Lipinski definition) is 3. The molecule has 1 fully saturated rings. The number of aliphatic carboxylic acids is 1. The van der Waals surface area contributed by atoms with E-state index in [0.29, 0.717) is 6.42 Å². The van der Waals surface area contributed by atoms with Crippen LogP contribution in [0.2, 0.25) is 0 Å². The molecule has 4 nitrogen and oxygen atoms in total. The molecule has 1 aliphatic carbocycles. The van der Waals surface area contributed by atoms with E-state index < -0.39 is 11.9 Å². The molecule has 102 valence electrons. The van der Waals surface area contributed by atoms with Crippen LogP contribution >= 0.6 is 11.3 Å². The number of carbonyl (C=O) groups is 2. The van der Waals surface area contributed by atoms with Gasteiger partial charge < -0.3 is 10.4 Å². The van der Waals surface area contributed by atoms with Gasteiger partial charge in [-0.1, -0.05) is 18.9 Å². The average Bonchev–Trinajstić information content (AvgIpc) is 2.90. The number of thiophene rings is 1. The zero-order valence-electron chi connectivity index (χ0n) is 10.5. The summed E-state index contributed by atoms with van der Waals surface area (Å²) in [4.78, 5) is 23.9. The fraction of sp³-hybridized carbons (Fsp3) is 0.429. The Balaban J connectivity index is 1.91. The van der Waals surface area contributed by atoms with Crippen LogP contribution < -0.4 is 5.32 Å². The van der Waals surface area contributed by atoms with E-state index >= 15 is 0 Å². The van der Waals surface area contributed by atoms with E-state index in [-0.39, 0.29) is 11.9 Å². The summed E-state index contributed by atoms with van der Waals surface area (Å²) in [7, 11) is 0. The van der Waals surface area contributed by atoms with Gasteiger partial charge in [0.15, 0.2) is 0 Å². The fourth-order valence-electron chi connectivity index (χ4n) is 2.37. The van der Waals surface area contributed by atoms with Gasteiger partial charge in [0.25, 0.3) is 0 Å². The second kappa shape index (κ2) is 6.52. The van der Waals surface area contributed by atoms with E-state index in [2.05, 4.69) is 5.32 Å². The summed E-state index contributed by atoms with van der Waals surface area (Å²) in [5, 5.41) is 13.9. The molecule has 1 aromatic rings. The maximum absolute atomic E-state index is 11.8. The van der Waals surface area contributed by atoms with Crippen LogP contribution in [0.1, 0.15) is 30.6 Å². The van der Waals surface area contributed by atoms with Crippen LogP contribution in [0.25, 0.3) is 6.08 Å². The molecular weight excluding hydrogens is 262 g/mol. The van der Waals surface area contributed by atoms with Crippen molar-refractivity contribution >= 4 is 29.3 Å². The number of rotatable bonds is 4. The smallest absolute Gasteiger partial charge is 0.308 e. The molecule has 1 aromatic heterocycles. The van der Waals surface area contributed by atoms with E-state index in [1.807, 2.05) is 17.5 Å². The summed E-state index contributed by atoms with van der Waals surface area (Å²) in [6, 6.07) is 3.60. The van der Waals surface area contributed by atoms with E-state index in [4.69, 9.17) is 5.11 Å². The molecule has 0 bridgehead atoms. The number of hydrogen-bond donors (Lipinski definition) is 2. The lowest BCUT2D eigenvalue weighted by molar-refractivity contribution is -0.144. The topological polar surface area (TPSA) is 66.4 Å². The molecule has 2 N–H and O–H groups in total. The lowest BCUT2D eigenvalue weighted by Crippen LogP contribution is -2.44. The van der Waals surface area contributed by atoms with Gasteiger partial charge in [-0.15, -0.1) is 11.3 Å². The van der Waals surface area contributed by atoms with Crippen LogP contribution in [0.5, 0.6) is 0 Å². The molecule has 1 aliphatic rings. The monoisotopic (exact) mass is 279 g/mol. The van der Waals surface area contributed by atoms with Gasteiger partial charge in [-0.25, -0.2) is 0 Å². The number of carboxylic acid groups (broad SMARTS) is 1. The Bertz CT molecular complexity index is 467. The van der Waals surface area contributed by atoms with Crippen molar-refractivity contribution in [2.45, 2.75) is 31.7 Å². The van der Waals surface area contributed by atoms with Gasteiger partial charge in [0.1, 0.15) is 0 Å². The van der Waals surface area contributed by atoms with E-state index in [1.54, 1.807) is 17.4 Å². The van der Waals surface area contributed by atoms with E-state index in [0.717, 1.165) is 24.1 Å². The lowest BCUT2D eigenvalue weighted by Gasteiger charge is -2.28. The first-order valence-electron chi connectivity index (χ1n) is 6.41.